The first-order chi connectivity index (χ1) is 14.5. The minimum Gasteiger partial charge on any atom is -0.343 e. The zero-order chi connectivity index (χ0) is 21.1. The topological polar surface area (TPSA) is 49.4 Å². The molecular formula is C25H23FN2O2. The van der Waals surface area contributed by atoms with Gasteiger partial charge in [0.15, 0.2) is 0 Å². The maximum Gasteiger partial charge on any atom is 0.254 e. The highest BCUT2D eigenvalue weighted by atomic mass is 19.1. The molecule has 1 aliphatic heterocycles. The lowest BCUT2D eigenvalue weighted by molar-refractivity contribution is -0.131. The third-order valence-electron chi connectivity index (χ3n) is 5.48. The predicted octanol–water partition coefficient (Wildman–Crippen LogP) is 4.12. The number of carbonyl (C=O) groups excluding carboxylic acids is 2. The van der Waals surface area contributed by atoms with Crippen molar-refractivity contribution in [1.82, 2.24) is 10.2 Å². The predicted molar refractivity (Wildman–Crippen MR) is 114 cm³/mol. The number of halogens is 1. The van der Waals surface area contributed by atoms with Gasteiger partial charge in [0.05, 0.1) is 12.1 Å². The summed E-state index contributed by atoms with van der Waals surface area (Å²) in [4.78, 5) is 26.7. The van der Waals surface area contributed by atoms with E-state index >= 15 is 0 Å². The monoisotopic (exact) mass is 402 g/mol. The summed E-state index contributed by atoms with van der Waals surface area (Å²) in [5, 5.41) is 2.56. The highest BCUT2D eigenvalue weighted by molar-refractivity contribution is 5.97. The third-order valence-corrected chi connectivity index (χ3v) is 5.48. The Labute approximate surface area is 175 Å². The second-order valence-corrected chi connectivity index (χ2v) is 7.58. The minimum absolute atomic E-state index is 0.0670. The van der Waals surface area contributed by atoms with Crippen molar-refractivity contribution in [3.63, 3.8) is 0 Å². The molecular weight excluding hydrogens is 379 g/mol. The molecule has 0 atom stereocenters. The molecule has 0 saturated carbocycles. The fraction of sp³-hybridized carbons (Fsp3) is 0.200. The van der Waals surface area contributed by atoms with Crippen molar-refractivity contribution in [3.8, 4) is 11.1 Å². The maximum absolute atomic E-state index is 14.6. The van der Waals surface area contributed by atoms with Crippen LogP contribution in [0.5, 0.6) is 0 Å². The summed E-state index contributed by atoms with van der Waals surface area (Å²) < 4.78 is 14.6. The van der Waals surface area contributed by atoms with Gasteiger partial charge in [-0.3, -0.25) is 9.59 Å². The van der Waals surface area contributed by atoms with E-state index in [2.05, 4.69) is 11.4 Å². The molecule has 4 nitrogen and oxygen atoms in total. The maximum atomic E-state index is 14.6. The Kier molecular flexibility index (Phi) is 5.61. The Balaban J connectivity index is 1.38. The number of amides is 2. The van der Waals surface area contributed by atoms with Gasteiger partial charge in [0.1, 0.15) is 5.82 Å². The van der Waals surface area contributed by atoms with Gasteiger partial charge in [-0.1, -0.05) is 60.2 Å². The number of nitrogens with one attached hydrogen (secondary N) is 1. The molecule has 0 fully saturated rings. The first-order valence-corrected chi connectivity index (χ1v) is 10.0. The second kappa shape index (κ2) is 8.49. The van der Waals surface area contributed by atoms with Crippen LogP contribution in [0.2, 0.25) is 0 Å². The molecule has 152 valence electrons. The molecule has 0 unspecified atom stereocenters. The summed E-state index contributed by atoms with van der Waals surface area (Å²) in [6.45, 7) is 2.98. The Morgan fingerprint density at radius 1 is 0.967 bits per heavy atom. The molecule has 1 heterocycles. The van der Waals surface area contributed by atoms with Gasteiger partial charge >= 0.3 is 0 Å². The molecule has 2 amide bonds. The Bertz CT molecular complexity index is 1090. The van der Waals surface area contributed by atoms with E-state index in [4.69, 9.17) is 0 Å². The lowest BCUT2D eigenvalue weighted by Crippen LogP contribution is -2.42. The van der Waals surface area contributed by atoms with Crippen molar-refractivity contribution < 1.29 is 14.0 Å². The summed E-state index contributed by atoms with van der Waals surface area (Å²) >= 11 is 0. The number of rotatable bonds is 4. The molecule has 4 rings (SSSR count). The highest BCUT2D eigenvalue weighted by Gasteiger charge is 2.21. The SMILES string of the molecule is Cc1ccc(-c2ccc(C(=O)NCC(=O)N3CCc4ccccc4C3)c(F)c2)cc1. The van der Waals surface area contributed by atoms with Crippen LogP contribution in [-0.2, 0) is 17.8 Å². The summed E-state index contributed by atoms with van der Waals surface area (Å²) in [6.07, 6.45) is 0.797. The number of hydrogen-bond acceptors (Lipinski definition) is 2. The fourth-order valence-corrected chi connectivity index (χ4v) is 3.70. The molecule has 3 aromatic carbocycles. The van der Waals surface area contributed by atoms with Crippen LogP contribution in [0.15, 0.2) is 66.7 Å². The Hall–Kier alpha value is -3.47. The largest absolute Gasteiger partial charge is 0.343 e. The first-order valence-electron chi connectivity index (χ1n) is 10.0. The van der Waals surface area contributed by atoms with Gasteiger partial charge < -0.3 is 10.2 Å². The average molecular weight is 402 g/mol. The van der Waals surface area contributed by atoms with Gasteiger partial charge in [0.2, 0.25) is 5.91 Å². The zero-order valence-corrected chi connectivity index (χ0v) is 16.8. The van der Waals surface area contributed by atoms with Crippen LogP contribution in [0.1, 0.15) is 27.0 Å². The van der Waals surface area contributed by atoms with Gasteiger partial charge in [0.25, 0.3) is 5.91 Å². The van der Waals surface area contributed by atoms with Crippen LogP contribution in [0.25, 0.3) is 11.1 Å². The van der Waals surface area contributed by atoms with E-state index in [0.717, 1.165) is 23.1 Å². The van der Waals surface area contributed by atoms with Crippen LogP contribution in [0.3, 0.4) is 0 Å². The molecule has 0 saturated heterocycles. The lowest BCUT2D eigenvalue weighted by atomic mass is 10.00. The Morgan fingerprint density at radius 2 is 1.67 bits per heavy atom. The average Bonchev–Trinajstić information content (AvgIpc) is 2.77. The molecule has 0 aromatic heterocycles. The molecule has 1 N–H and O–H groups in total. The van der Waals surface area contributed by atoms with Crippen molar-refractivity contribution in [2.24, 2.45) is 0 Å². The quantitative estimate of drug-likeness (QED) is 0.714. The number of hydrogen-bond donors (Lipinski definition) is 1. The fourth-order valence-electron chi connectivity index (χ4n) is 3.70. The molecule has 0 aliphatic carbocycles. The van der Waals surface area contributed by atoms with E-state index in [1.54, 1.807) is 11.0 Å². The van der Waals surface area contributed by atoms with Gasteiger partial charge in [0, 0.05) is 13.1 Å². The molecule has 3 aromatic rings. The van der Waals surface area contributed by atoms with Crippen LogP contribution < -0.4 is 5.32 Å². The molecule has 0 bridgehead atoms. The van der Waals surface area contributed by atoms with Gasteiger partial charge in [-0.2, -0.15) is 0 Å². The van der Waals surface area contributed by atoms with Crippen LogP contribution in [-0.4, -0.2) is 29.8 Å². The van der Waals surface area contributed by atoms with E-state index in [-0.39, 0.29) is 18.0 Å². The first kappa shape index (κ1) is 19.8. The van der Waals surface area contributed by atoms with Crippen LogP contribution >= 0.6 is 0 Å². The number of carbonyl (C=O) groups is 2. The smallest absolute Gasteiger partial charge is 0.254 e. The van der Waals surface area contributed by atoms with E-state index in [0.29, 0.717) is 18.7 Å². The molecule has 0 spiro atoms. The summed E-state index contributed by atoms with van der Waals surface area (Å²) in [7, 11) is 0. The molecule has 1 aliphatic rings. The Morgan fingerprint density at radius 3 is 2.40 bits per heavy atom. The third kappa shape index (κ3) is 4.25. The summed E-state index contributed by atoms with van der Waals surface area (Å²) in [5.41, 5.74) is 5.02. The molecule has 5 heteroatoms. The van der Waals surface area contributed by atoms with Crippen LogP contribution in [0, 0.1) is 12.7 Å². The van der Waals surface area contributed by atoms with E-state index in [9.17, 15) is 14.0 Å². The lowest BCUT2D eigenvalue weighted by Gasteiger charge is -2.29. The molecule has 0 radical (unpaired) electrons. The van der Waals surface area contributed by atoms with Crippen molar-refractivity contribution in [3.05, 3.63) is 94.8 Å². The number of benzene rings is 3. The summed E-state index contributed by atoms with van der Waals surface area (Å²) in [5.74, 6) is -1.37. The minimum atomic E-state index is -0.607. The van der Waals surface area contributed by atoms with Gasteiger partial charge in [-0.05, 0) is 47.7 Å². The molecule has 30 heavy (non-hydrogen) atoms. The van der Waals surface area contributed by atoms with Crippen molar-refractivity contribution >= 4 is 11.8 Å². The number of fused-ring (bicyclic) bond motifs is 1. The standard InChI is InChI=1S/C25H23FN2O2/c1-17-6-8-19(9-7-17)20-10-11-22(23(26)14-20)25(30)27-15-24(29)28-13-12-18-4-2-3-5-21(18)16-28/h2-11,14H,12-13,15-16H2,1H3,(H,27,30). The number of aryl methyl sites for hydroxylation is 1. The zero-order valence-electron chi connectivity index (χ0n) is 16.8. The van der Waals surface area contributed by atoms with Crippen molar-refractivity contribution in [2.75, 3.05) is 13.1 Å². The van der Waals surface area contributed by atoms with Crippen molar-refractivity contribution in [2.45, 2.75) is 19.9 Å². The van der Waals surface area contributed by atoms with Crippen LogP contribution in [0.4, 0.5) is 4.39 Å². The normalized spacial score (nSPS) is 12.9. The number of nitrogens with zero attached hydrogens (tertiary/aromatic N) is 1. The van der Waals surface area contributed by atoms with E-state index in [1.807, 2.05) is 49.4 Å². The van der Waals surface area contributed by atoms with Gasteiger partial charge in [-0.25, -0.2) is 4.39 Å². The van der Waals surface area contributed by atoms with E-state index < -0.39 is 11.7 Å². The van der Waals surface area contributed by atoms with E-state index in [1.165, 1.54) is 17.7 Å². The summed E-state index contributed by atoms with van der Waals surface area (Å²) in [6, 6.07) is 20.3. The second-order valence-electron chi connectivity index (χ2n) is 7.58. The van der Waals surface area contributed by atoms with Crippen molar-refractivity contribution in [1.29, 1.82) is 0 Å². The van der Waals surface area contributed by atoms with Gasteiger partial charge in [-0.15, -0.1) is 0 Å². The highest BCUT2D eigenvalue weighted by Crippen LogP contribution is 2.23.